The topological polar surface area (TPSA) is 79.4 Å². The highest BCUT2D eigenvalue weighted by molar-refractivity contribution is 5.99. The van der Waals surface area contributed by atoms with Gasteiger partial charge in [0.15, 0.2) is 0 Å². The first-order chi connectivity index (χ1) is 17.4. The molecule has 2 aromatic rings. The highest BCUT2D eigenvalue weighted by atomic mass is 16.5. The summed E-state index contributed by atoms with van der Waals surface area (Å²) < 4.78 is 11.5. The van der Waals surface area contributed by atoms with Crippen LogP contribution in [0.2, 0.25) is 0 Å². The van der Waals surface area contributed by atoms with Crippen LogP contribution in [0.1, 0.15) is 52.0 Å². The number of hydrogen-bond acceptors (Lipinski definition) is 5. The third kappa shape index (κ3) is 4.46. The summed E-state index contributed by atoms with van der Waals surface area (Å²) in [6.45, 7) is 4.47. The first-order valence-corrected chi connectivity index (χ1v) is 12.7. The Kier molecular flexibility index (Phi) is 6.71. The van der Waals surface area contributed by atoms with Crippen LogP contribution in [0.4, 0.5) is 0 Å². The molecule has 0 aliphatic carbocycles. The normalized spacial score (nSPS) is 21.2. The van der Waals surface area contributed by atoms with Gasteiger partial charge in [0.25, 0.3) is 11.8 Å². The quantitative estimate of drug-likeness (QED) is 0.657. The van der Waals surface area contributed by atoms with E-state index in [0.29, 0.717) is 42.8 Å². The lowest BCUT2D eigenvalue weighted by Gasteiger charge is -2.44. The Hall–Kier alpha value is -3.39. The van der Waals surface area contributed by atoms with E-state index in [4.69, 9.17) is 9.47 Å². The number of ether oxygens (including phenoxy) is 2. The van der Waals surface area contributed by atoms with E-state index < -0.39 is 11.8 Å². The van der Waals surface area contributed by atoms with Gasteiger partial charge in [-0.2, -0.15) is 0 Å². The molecule has 0 aromatic heterocycles. The molecule has 0 N–H and O–H groups in total. The lowest BCUT2D eigenvalue weighted by atomic mass is 9.95. The van der Waals surface area contributed by atoms with Gasteiger partial charge in [-0.3, -0.25) is 19.3 Å². The van der Waals surface area contributed by atoms with Gasteiger partial charge in [-0.15, -0.1) is 0 Å². The molecule has 3 aliphatic heterocycles. The number of methoxy groups -OCH3 is 1. The van der Waals surface area contributed by atoms with Gasteiger partial charge in [-0.25, -0.2) is 0 Å². The van der Waals surface area contributed by atoms with Gasteiger partial charge < -0.3 is 19.3 Å². The van der Waals surface area contributed by atoms with Gasteiger partial charge in [0.1, 0.15) is 17.5 Å². The molecule has 36 heavy (non-hydrogen) atoms. The fraction of sp³-hybridized carbons (Fsp3) is 0.464. The minimum Gasteiger partial charge on any atom is -0.497 e. The smallest absolute Gasteiger partial charge is 0.256 e. The van der Waals surface area contributed by atoms with E-state index >= 15 is 0 Å². The fourth-order valence-electron chi connectivity index (χ4n) is 5.51. The van der Waals surface area contributed by atoms with Crippen LogP contribution >= 0.6 is 0 Å². The Balaban J connectivity index is 1.37. The Morgan fingerprint density at radius 2 is 1.42 bits per heavy atom. The fourth-order valence-corrected chi connectivity index (χ4v) is 5.51. The number of nitrogens with zero attached hydrogens (tertiary/aromatic N) is 3. The van der Waals surface area contributed by atoms with E-state index in [-0.39, 0.29) is 24.3 Å². The summed E-state index contributed by atoms with van der Waals surface area (Å²) in [7, 11) is 1.59. The van der Waals surface area contributed by atoms with Crippen LogP contribution in [0.3, 0.4) is 0 Å². The molecule has 8 heteroatoms. The molecular weight excluding hydrogens is 458 g/mol. The number of piperidine rings is 1. The van der Waals surface area contributed by atoms with E-state index in [1.54, 1.807) is 41.2 Å². The summed E-state index contributed by atoms with van der Waals surface area (Å²) in [5, 5.41) is 0. The second-order valence-electron chi connectivity index (χ2n) is 9.87. The average molecular weight is 492 g/mol. The third-order valence-corrected chi connectivity index (χ3v) is 7.65. The number of benzene rings is 2. The molecule has 3 aliphatic rings. The van der Waals surface area contributed by atoms with Crippen LogP contribution in [-0.4, -0.2) is 84.1 Å². The van der Waals surface area contributed by atoms with E-state index in [1.165, 1.54) is 0 Å². The first-order valence-electron chi connectivity index (χ1n) is 12.7. The molecule has 0 saturated carbocycles. The SMILES string of the molecule is COc1ccc(C(=O)N2CCC3(CC2)OC[C@H](C(=O)N2CCCC2)N3C(=O)c2ccc(C)cc2)cc1. The molecule has 3 amide bonds. The van der Waals surface area contributed by atoms with Crippen molar-refractivity contribution in [3.05, 3.63) is 65.2 Å². The molecule has 190 valence electrons. The highest BCUT2D eigenvalue weighted by Crippen LogP contribution is 2.39. The standard InChI is InChI=1S/C28H33N3O5/c1-20-5-7-22(8-6-20)26(33)31-24(27(34)29-15-3-4-16-29)19-36-28(31)13-17-30(18-14-28)25(32)21-9-11-23(35-2)12-10-21/h5-12,24H,3-4,13-19H2,1-2H3/t24-/m1/s1. The van der Waals surface area contributed by atoms with Crippen molar-refractivity contribution in [1.29, 1.82) is 0 Å². The molecule has 1 atom stereocenters. The molecule has 0 bridgehead atoms. The zero-order chi connectivity index (χ0) is 25.3. The molecule has 3 saturated heterocycles. The van der Waals surface area contributed by atoms with E-state index in [1.807, 2.05) is 36.1 Å². The molecule has 1 spiro atoms. The van der Waals surface area contributed by atoms with E-state index in [2.05, 4.69) is 0 Å². The van der Waals surface area contributed by atoms with Crippen molar-refractivity contribution in [2.24, 2.45) is 0 Å². The van der Waals surface area contributed by atoms with Gasteiger partial charge in [0.05, 0.1) is 13.7 Å². The minimum absolute atomic E-state index is 0.0402. The Morgan fingerprint density at radius 3 is 2.03 bits per heavy atom. The molecular formula is C28H33N3O5. The molecule has 5 rings (SSSR count). The monoisotopic (exact) mass is 491 g/mol. The predicted octanol–water partition coefficient (Wildman–Crippen LogP) is 3.10. The van der Waals surface area contributed by atoms with Crippen molar-refractivity contribution in [3.8, 4) is 5.75 Å². The molecule has 0 unspecified atom stereocenters. The van der Waals surface area contributed by atoms with Crippen molar-refractivity contribution < 1.29 is 23.9 Å². The summed E-state index contributed by atoms with van der Waals surface area (Å²) in [6, 6.07) is 13.8. The van der Waals surface area contributed by atoms with Crippen molar-refractivity contribution in [2.75, 3.05) is 39.9 Å². The van der Waals surface area contributed by atoms with Gasteiger partial charge in [0.2, 0.25) is 5.91 Å². The Labute approximate surface area is 211 Å². The zero-order valence-electron chi connectivity index (χ0n) is 20.9. The number of carbonyl (C=O) groups is 3. The first kappa shape index (κ1) is 24.3. The minimum atomic E-state index is -0.904. The van der Waals surface area contributed by atoms with Crippen molar-refractivity contribution in [3.63, 3.8) is 0 Å². The van der Waals surface area contributed by atoms with Crippen LogP contribution < -0.4 is 4.74 Å². The van der Waals surface area contributed by atoms with Crippen LogP contribution in [0.5, 0.6) is 5.75 Å². The zero-order valence-corrected chi connectivity index (χ0v) is 20.9. The summed E-state index contributed by atoms with van der Waals surface area (Å²) in [6.07, 6.45) is 2.88. The van der Waals surface area contributed by atoms with Gasteiger partial charge in [-0.1, -0.05) is 17.7 Å². The summed E-state index contributed by atoms with van der Waals surface area (Å²) in [5.41, 5.74) is 1.29. The highest BCUT2D eigenvalue weighted by Gasteiger charge is 2.55. The number of aryl methyl sites for hydroxylation is 1. The summed E-state index contributed by atoms with van der Waals surface area (Å²) in [4.78, 5) is 45.8. The predicted molar refractivity (Wildman–Crippen MR) is 134 cm³/mol. The number of carbonyl (C=O) groups excluding carboxylic acids is 3. The van der Waals surface area contributed by atoms with E-state index in [9.17, 15) is 14.4 Å². The van der Waals surface area contributed by atoms with Crippen molar-refractivity contribution >= 4 is 17.7 Å². The second kappa shape index (κ2) is 9.93. The molecule has 8 nitrogen and oxygen atoms in total. The molecule has 2 aromatic carbocycles. The summed E-state index contributed by atoms with van der Waals surface area (Å²) in [5.74, 6) is 0.399. The van der Waals surface area contributed by atoms with Gasteiger partial charge >= 0.3 is 0 Å². The lowest BCUT2D eigenvalue weighted by molar-refractivity contribution is -0.136. The molecule has 0 radical (unpaired) electrons. The van der Waals surface area contributed by atoms with Crippen LogP contribution in [0, 0.1) is 6.92 Å². The number of likely N-dealkylation sites (tertiary alicyclic amines) is 2. The second-order valence-corrected chi connectivity index (χ2v) is 9.87. The maximum absolute atomic E-state index is 13.8. The maximum atomic E-state index is 13.8. The number of hydrogen-bond donors (Lipinski definition) is 0. The largest absolute Gasteiger partial charge is 0.497 e. The van der Waals surface area contributed by atoms with E-state index in [0.717, 1.165) is 31.5 Å². The van der Waals surface area contributed by atoms with Gasteiger partial charge in [-0.05, 0) is 56.2 Å². The Bertz CT molecular complexity index is 1120. The summed E-state index contributed by atoms with van der Waals surface area (Å²) >= 11 is 0. The molecule has 3 fully saturated rings. The van der Waals surface area contributed by atoms with Crippen molar-refractivity contribution in [2.45, 2.75) is 44.4 Å². The van der Waals surface area contributed by atoms with Crippen LogP contribution in [0.25, 0.3) is 0 Å². The van der Waals surface area contributed by atoms with Crippen LogP contribution in [0.15, 0.2) is 48.5 Å². The number of amides is 3. The molecule has 3 heterocycles. The van der Waals surface area contributed by atoms with Gasteiger partial charge in [0, 0.05) is 50.1 Å². The maximum Gasteiger partial charge on any atom is 0.256 e. The van der Waals surface area contributed by atoms with Crippen LogP contribution in [-0.2, 0) is 9.53 Å². The van der Waals surface area contributed by atoms with Crippen molar-refractivity contribution in [1.82, 2.24) is 14.7 Å². The Morgan fingerprint density at radius 1 is 0.833 bits per heavy atom. The third-order valence-electron chi connectivity index (χ3n) is 7.65. The average Bonchev–Trinajstić information content (AvgIpc) is 3.58. The lowest BCUT2D eigenvalue weighted by Crippen LogP contribution is -2.60. The number of rotatable bonds is 4.